The molecule has 0 aromatic heterocycles. The van der Waals surface area contributed by atoms with Crippen LogP contribution < -0.4 is 0 Å². The van der Waals surface area contributed by atoms with Gasteiger partial charge in [0.25, 0.3) is 0 Å². The molecule has 1 atom stereocenters. The Kier molecular flexibility index (Phi) is 6.36. The lowest BCUT2D eigenvalue weighted by molar-refractivity contribution is -0.137. The largest absolute Gasteiger partial charge is 0.481 e. The zero-order valence-corrected chi connectivity index (χ0v) is 9.11. The number of unbranched alkanes of at least 4 members (excludes halogenated alkanes) is 2. The van der Waals surface area contributed by atoms with Crippen molar-refractivity contribution in [2.24, 2.45) is 5.92 Å². The fourth-order valence-corrected chi connectivity index (χ4v) is 1.62. The quantitative estimate of drug-likeness (QED) is 0.627. The molecule has 88 valence electrons. The molecular formula is C11H20O4. The van der Waals surface area contributed by atoms with Gasteiger partial charge in [0.15, 0.2) is 0 Å². The van der Waals surface area contributed by atoms with Crippen molar-refractivity contribution in [2.75, 3.05) is 26.4 Å². The van der Waals surface area contributed by atoms with E-state index in [1.165, 1.54) is 0 Å². The molecule has 0 aromatic rings. The number of ether oxygens (including phenoxy) is 2. The van der Waals surface area contributed by atoms with Gasteiger partial charge in [-0.05, 0) is 19.3 Å². The minimum atomic E-state index is -0.709. The molecule has 0 spiro atoms. The Labute approximate surface area is 90.6 Å². The summed E-state index contributed by atoms with van der Waals surface area (Å²) >= 11 is 0. The van der Waals surface area contributed by atoms with Gasteiger partial charge in [-0.3, -0.25) is 4.79 Å². The van der Waals surface area contributed by atoms with Crippen LogP contribution >= 0.6 is 0 Å². The van der Waals surface area contributed by atoms with E-state index in [2.05, 4.69) is 0 Å². The first-order valence-electron chi connectivity index (χ1n) is 5.66. The lowest BCUT2D eigenvalue weighted by Crippen LogP contribution is -2.09. The van der Waals surface area contributed by atoms with E-state index >= 15 is 0 Å². The highest BCUT2D eigenvalue weighted by Crippen LogP contribution is 2.12. The molecule has 1 fully saturated rings. The fraction of sp³-hybridized carbons (Fsp3) is 0.909. The van der Waals surface area contributed by atoms with E-state index in [9.17, 15) is 4.79 Å². The van der Waals surface area contributed by atoms with Gasteiger partial charge in [0, 0.05) is 25.6 Å². The van der Waals surface area contributed by atoms with E-state index in [1.54, 1.807) is 0 Å². The number of rotatable bonds is 8. The van der Waals surface area contributed by atoms with Crippen molar-refractivity contribution in [1.29, 1.82) is 0 Å². The SMILES string of the molecule is O=C(O)CCCCCOCC1CCOC1. The second kappa shape index (κ2) is 7.65. The Morgan fingerprint density at radius 3 is 2.93 bits per heavy atom. The van der Waals surface area contributed by atoms with Crippen LogP contribution in [0.1, 0.15) is 32.1 Å². The van der Waals surface area contributed by atoms with Crippen molar-refractivity contribution in [1.82, 2.24) is 0 Å². The van der Waals surface area contributed by atoms with E-state index in [4.69, 9.17) is 14.6 Å². The highest BCUT2D eigenvalue weighted by molar-refractivity contribution is 5.66. The predicted molar refractivity (Wildman–Crippen MR) is 55.8 cm³/mol. The molecule has 0 aliphatic carbocycles. The van der Waals surface area contributed by atoms with Gasteiger partial charge in [0.05, 0.1) is 13.2 Å². The van der Waals surface area contributed by atoms with Crippen molar-refractivity contribution in [2.45, 2.75) is 32.1 Å². The summed E-state index contributed by atoms with van der Waals surface area (Å²) in [6, 6.07) is 0. The minimum Gasteiger partial charge on any atom is -0.481 e. The molecule has 1 aliphatic heterocycles. The Morgan fingerprint density at radius 1 is 1.40 bits per heavy atom. The molecule has 0 amide bonds. The summed E-state index contributed by atoms with van der Waals surface area (Å²) in [5, 5.41) is 8.41. The molecular weight excluding hydrogens is 196 g/mol. The molecule has 4 nitrogen and oxygen atoms in total. The molecule has 0 aromatic carbocycles. The van der Waals surface area contributed by atoms with Gasteiger partial charge in [0.1, 0.15) is 0 Å². The van der Waals surface area contributed by atoms with Crippen molar-refractivity contribution < 1.29 is 19.4 Å². The van der Waals surface area contributed by atoms with Crippen LogP contribution in [0.15, 0.2) is 0 Å². The van der Waals surface area contributed by atoms with Gasteiger partial charge in [-0.1, -0.05) is 6.42 Å². The number of carboxylic acid groups (broad SMARTS) is 1. The molecule has 1 N–H and O–H groups in total. The van der Waals surface area contributed by atoms with E-state index in [-0.39, 0.29) is 6.42 Å². The number of aliphatic carboxylic acids is 1. The highest BCUT2D eigenvalue weighted by atomic mass is 16.5. The Morgan fingerprint density at radius 2 is 2.27 bits per heavy atom. The van der Waals surface area contributed by atoms with Crippen LogP contribution in [0, 0.1) is 5.92 Å². The van der Waals surface area contributed by atoms with Crippen molar-refractivity contribution >= 4 is 5.97 Å². The van der Waals surface area contributed by atoms with Crippen molar-refractivity contribution in [3.05, 3.63) is 0 Å². The normalized spacial score (nSPS) is 20.7. The standard InChI is InChI=1S/C11H20O4/c12-11(13)4-2-1-3-6-14-8-10-5-7-15-9-10/h10H,1-9H2,(H,12,13). The summed E-state index contributed by atoms with van der Waals surface area (Å²) in [4.78, 5) is 10.2. The van der Waals surface area contributed by atoms with Crippen LogP contribution in [0.2, 0.25) is 0 Å². The average molecular weight is 216 g/mol. The molecule has 1 aliphatic rings. The topological polar surface area (TPSA) is 55.8 Å². The van der Waals surface area contributed by atoms with Crippen molar-refractivity contribution in [3.63, 3.8) is 0 Å². The second-order valence-electron chi connectivity index (χ2n) is 4.01. The number of carbonyl (C=O) groups is 1. The first-order valence-corrected chi connectivity index (χ1v) is 5.66. The summed E-state index contributed by atoms with van der Waals surface area (Å²) < 4.78 is 10.7. The van der Waals surface area contributed by atoms with E-state index in [0.717, 1.165) is 52.1 Å². The van der Waals surface area contributed by atoms with Gasteiger partial charge in [-0.25, -0.2) is 0 Å². The van der Waals surface area contributed by atoms with E-state index in [0.29, 0.717) is 5.92 Å². The zero-order valence-electron chi connectivity index (χ0n) is 9.11. The number of hydrogen-bond donors (Lipinski definition) is 1. The van der Waals surface area contributed by atoms with Crippen LogP contribution in [0.25, 0.3) is 0 Å². The zero-order chi connectivity index (χ0) is 10.9. The molecule has 4 heteroatoms. The molecule has 15 heavy (non-hydrogen) atoms. The maximum Gasteiger partial charge on any atom is 0.303 e. The summed E-state index contributed by atoms with van der Waals surface area (Å²) in [5.41, 5.74) is 0. The molecule has 1 heterocycles. The van der Waals surface area contributed by atoms with Crippen LogP contribution in [0.5, 0.6) is 0 Å². The van der Waals surface area contributed by atoms with Gasteiger partial charge in [-0.15, -0.1) is 0 Å². The minimum absolute atomic E-state index is 0.274. The molecule has 1 unspecified atom stereocenters. The van der Waals surface area contributed by atoms with E-state index < -0.39 is 5.97 Å². The molecule has 1 saturated heterocycles. The lowest BCUT2D eigenvalue weighted by atomic mass is 10.1. The molecule has 0 bridgehead atoms. The van der Waals surface area contributed by atoms with Gasteiger partial charge >= 0.3 is 5.97 Å². The van der Waals surface area contributed by atoms with Crippen LogP contribution in [0.4, 0.5) is 0 Å². The Hall–Kier alpha value is -0.610. The first kappa shape index (κ1) is 12.5. The Bertz CT molecular complexity index is 175. The van der Waals surface area contributed by atoms with Crippen LogP contribution in [-0.4, -0.2) is 37.5 Å². The smallest absolute Gasteiger partial charge is 0.303 e. The lowest BCUT2D eigenvalue weighted by Gasteiger charge is -2.08. The fourth-order valence-electron chi connectivity index (χ4n) is 1.62. The third-order valence-electron chi connectivity index (χ3n) is 2.56. The number of hydrogen-bond acceptors (Lipinski definition) is 3. The van der Waals surface area contributed by atoms with Gasteiger partial charge in [-0.2, -0.15) is 0 Å². The predicted octanol–water partition coefficient (Wildman–Crippen LogP) is 1.68. The van der Waals surface area contributed by atoms with E-state index in [1.807, 2.05) is 0 Å². The summed E-state index contributed by atoms with van der Waals surface area (Å²) in [5.74, 6) is -0.136. The number of carboxylic acids is 1. The monoisotopic (exact) mass is 216 g/mol. The first-order chi connectivity index (χ1) is 7.29. The van der Waals surface area contributed by atoms with Crippen molar-refractivity contribution in [3.8, 4) is 0 Å². The third kappa shape index (κ3) is 6.47. The maximum absolute atomic E-state index is 10.2. The van der Waals surface area contributed by atoms with Crippen LogP contribution in [-0.2, 0) is 14.3 Å². The summed E-state index contributed by atoms with van der Waals surface area (Å²) in [6.07, 6.45) is 4.04. The molecule has 0 radical (unpaired) electrons. The highest BCUT2D eigenvalue weighted by Gasteiger charge is 2.14. The van der Waals surface area contributed by atoms with Crippen LogP contribution in [0.3, 0.4) is 0 Å². The maximum atomic E-state index is 10.2. The third-order valence-corrected chi connectivity index (χ3v) is 2.56. The second-order valence-corrected chi connectivity index (χ2v) is 4.01. The average Bonchev–Trinajstić information content (AvgIpc) is 2.68. The summed E-state index contributed by atoms with van der Waals surface area (Å²) in [7, 11) is 0. The summed E-state index contributed by atoms with van der Waals surface area (Å²) in [6.45, 7) is 3.24. The van der Waals surface area contributed by atoms with Gasteiger partial charge in [0.2, 0.25) is 0 Å². The molecule has 0 saturated carbocycles. The Balaban J connectivity index is 1.78. The molecule has 1 rings (SSSR count). The van der Waals surface area contributed by atoms with Gasteiger partial charge < -0.3 is 14.6 Å².